The number of hydrogen-bond donors (Lipinski definition) is 2. The number of hydrogen-bond acceptors (Lipinski definition) is 6. The SMILES string of the molecule is CCn1cc(NC(=O)Nc2cccc(OC(F)(F)F)c2)nc1C(=O)N1CCN(c2ccccn2)CC1. The Morgan fingerprint density at radius 1 is 1.06 bits per heavy atom. The molecule has 2 aromatic heterocycles. The van der Waals surface area contributed by atoms with Crippen LogP contribution in [-0.2, 0) is 6.54 Å². The lowest BCUT2D eigenvalue weighted by atomic mass is 10.3. The lowest BCUT2D eigenvalue weighted by molar-refractivity contribution is -0.274. The molecule has 1 aliphatic rings. The van der Waals surface area contributed by atoms with E-state index in [-0.39, 0.29) is 23.2 Å². The number of rotatable bonds is 6. The van der Waals surface area contributed by atoms with Gasteiger partial charge in [0.15, 0.2) is 5.82 Å². The van der Waals surface area contributed by atoms with Crippen LogP contribution in [0.3, 0.4) is 0 Å². The Morgan fingerprint density at radius 3 is 2.50 bits per heavy atom. The van der Waals surface area contributed by atoms with Crippen LogP contribution >= 0.6 is 0 Å². The number of pyridine rings is 1. The Bertz CT molecular complexity index is 1210. The van der Waals surface area contributed by atoms with Gasteiger partial charge in [0.25, 0.3) is 5.91 Å². The van der Waals surface area contributed by atoms with Crippen LogP contribution in [0, 0.1) is 0 Å². The molecule has 0 saturated carbocycles. The number of benzene rings is 1. The maximum atomic E-state index is 13.1. The van der Waals surface area contributed by atoms with E-state index in [2.05, 4.69) is 30.2 Å². The van der Waals surface area contributed by atoms with E-state index in [1.807, 2.05) is 25.1 Å². The molecule has 0 atom stereocenters. The summed E-state index contributed by atoms with van der Waals surface area (Å²) in [5.74, 6) is 0.439. The zero-order valence-electron chi connectivity index (χ0n) is 19.3. The van der Waals surface area contributed by atoms with Crippen LogP contribution in [0.15, 0.2) is 54.9 Å². The maximum absolute atomic E-state index is 13.1. The van der Waals surface area contributed by atoms with Gasteiger partial charge in [0.1, 0.15) is 11.6 Å². The van der Waals surface area contributed by atoms with Crippen LogP contribution in [0.2, 0.25) is 0 Å². The van der Waals surface area contributed by atoms with Gasteiger partial charge >= 0.3 is 12.4 Å². The molecule has 0 radical (unpaired) electrons. The minimum atomic E-state index is -4.85. The third-order valence-electron chi connectivity index (χ3n) is 5.42. The molecule has 4 rings (SSSR count). The topological polar surface area (TPSA) is 105 Å². The Balaban J connectivity index is 1.37. The second kappa shape index (κ2) is 10.5. The zero-order valence-corrected chi connectivity index (χ0v) is 19.3. The average Bonchev–Trinajstić information content (AvgIpc) is 3.26. The summed E-state index contributed by atoms with van der Waals surface area (Å²) in [5.41, 5.74) is 0.0891. The number of aromatic nitrogens is 3. The third-order valence-corrected chi connectivity index (χ3v) is 5.42. The number of urea groups is 1. The van der Waals surface area contributed by atoms with Crippen molar-refractivity contribution in [3.05, 3.63) is 60.7 Å². The van der Waals surface area contributed by atoms with Crippen LogP contribution in [-0.4, -0.2) is 63.9 Å². The van der Waals surface area contributed by atoms with E-state index in [0.29, 0.717) is 32.7 Å². The molecule has 3 amide bonds. The minimum Gasteiger partial charge on any atom is -0.406 e. The second-order valence-corrected chi connectivity index (χ2v) is 7.86. The molecule has 10 nitrogen and oxygen atoms in total. The van der Waals surface area contributed by atoms with E-state index in [9.17, 15) is 22.8 Å². The molecule has 1 aromatic carbocycles. The normalized spacial score (nSPS) is 13.9. The number of nitrogens with one attached hydrogen (secondary N) is 2. The molecule has 0 aliphatic carbocycles. The number of alkyl halides is 3. The lowest BCUT2D eigenvalue weighted by Gasteiger charge is -2.35. The van der Waals surface area contributed by atoms with Crippen LogP contribution in [0.4, 0.5) is 35.3 Å². The lowest BCUT2D eigenvalue weighted by Crippen LogP contribution is -2.49. The van der Waals surface area contributed by atoms with Crippen molar-refractivity contribution in [1.82, 2.24) is 19.4 Å². The monoisotopic (exact) mass is 503 g/mol. The Hall–Kier alpha value is -4.29. The van der Waals surface area contributed by atoms with Gasteiger partial charge in [0, 0.05) is 56.9 Å². The number of imidazole rings is 1. The van der Waals surface area contributed by atoms with E-state index < -0.39 is 18.1 Å². The van der Waals surface area contributed by atoms with E-state index in [1.54, 1.807) is 15.7 Å². The number of nitrogens with zero attached hydrogens (tertiary/aromatic N) is 5. The quantitative estimate of drug-likeness (QED) is 0.530. The van der Waals surface area contributed by atoms with Gasteiger partial charge in [-0.05, 0) is 31.2 Å². The van der Waals surface area contributed by atoms with Crippen molar-refractivity contribution in [2.75, 3.05) is 41.7 Å². The number of carbonyl (C=O) groups is 2. The first-order valence-electron chi connectivity index (χ1n) is 11.2. The zero-order chi connectivity index (χ0) is 25.7. The van der Waals surface area contributed by atoms with E-state index >= 15 is 0 Å². The predicted molar refractivity (Wildman–Crippen MR) is 126 cm³/mol. The molecule has 2 N–H and O–H groups in total. The molecular formula is C23H24F3N7O3. The van der Waals surface area contributed by atoms with Gasteiger partial charge in [0.2, 0.25) is 5.82 Å². The fourth-order valence-electron chi connectivity index (χ4n) is 3.76. The van der Waals surface area contributed by atoms with Gasteiger partial charge in [-0.25, -0.2) is 14.8 Å². The molecule has 1 fully saturated rings. The molecule has 0 unspecified atom stereocenters. The van der Waals surface area contributed by atoms with Crippen molar-refractivity contribution in [3.63, 3.8) is 0 Å². The van der Waals surface area contributed by atoms with Crippen molar-refractivity contribution in [2.45, 2.75) is 19.8 Å². The molecule has 1 aliphatic heterocycles. The summed E-state index contributed by atoms with van der Waals surface area (Å²) in [6.45, 7) is 4.52. The fourth-order valence-corrected chi connectivity index (χ4v) is 3.76. The molecule has 0 spiro atoms. The van der Waals surface area contributed by atoms with Crippen LogP contribution in [0.25, 0.3) is 0 Å². The van der Waals surface area contributed by atoms with E-state index in [0.717, 1.165) is 18.0 Å². The van der Waals surface area contributed by atoms with Gasteiger partial charge < -0.3 is 24.4 Å². The van der Waals surface area contributed by atoms with Crippen LogP contribution in [0.1, 0.15) is 17.5 Å². The Morgan fingerprint density at radius 2 is 1.83 bits per heavy atom. The summed E-state index contributed by atoms with van der Waals surface area (Å²) >= 11 is 0. The van der Waals surface area contributed by atoms with Crippen molar-refractivity contribution in [3.8, 4) is 5.75 Å². The molecule has 0 bridgehead atoms. The summed E-state index contributed by atoms with van der Waals surface area (Å²) in [7, 11) is 0. The number of carbonyl (C=O) groups excluding carboxylic acids is 2. The first-order chi connectivity index (χ1) is 17.2. The number of halogens is 3. The first-order valence-corrected chi connectivity index (χ1v) is 11.2. The number of piperazine rings is 1. The third kappa shape index (κ3) is 6.23. The van der Waals surface area contributed by atoms with E-state index in [4.69, 9.17) is 0 Å². The van der Waals surface area contributed by atoms with Gasteiger partial charge in [-0.15, -0.1) is 13.2 Å². The molecule has 1 saturated heterocycles. The minimum absolute atomic E-state index is 0.0891. The smallest absolute Gasteiger partial charge is 0.406 e. The Labute approximate surface area is 204 Å². The molecular weight excluding hydrogens is 479 g/mol. The summed E-state index contributed by atoms with van der Waals surface area (Å²) in [6.07, 6.45) is -1.59. The summed E-state index contributed by atoms with van der Waals surface area (Å²) < 4.78 is 42.8. The number of anilines is 3. The van der Waals surface area contributed by atoms with Gasteiger partial charge in [-0.2, -0.15) is 0 Å². The second-order valence-electron chi connectivity index (χ2n) is 7.86. The van der Waals surface area contributed by atoms with Gasteiger partial charge in [0.05, 0.1) is 0 Å². The van der Waals surface area contributed by atoms with Gasteiger partial charge in [-0.3, -0.25) is 10.1 Å². The largest absolute Gasteiger partial charge is 0.573 e. The number of ether oxygens (including phenoxy) is 1. The summed E-state index contributed by atoms with van der Waals surface area (Å²) in [4.78, 5) is 37.9. The summed E-state index contributed by atoms with van der Waals surface area (Å²) in [5, 5.41) is 4.93. The van der Waals surface area contributed by atoms with Crippen molar-refractivity contribution < 1.29 is 27.5 Å². The van der Waals surface area contributed by atoms with E-state index in [1.165, 1.54) is 18.3 Å². The highest BCUT2D eigenvalue weighted by atomic mass is 19.4. The molecule has 3 aromatic rings. The van der Waals surface area contributed by atoms with Crippen molar-refractivity contribution in [1.29, 1.82) is 0 Å². The number of amides is 3. The predicted octanol–water partition coefficient (Wildman–Crippen LogP) is 3.80. The van der Waals surface area contributed by atoms with Crippen molar-refractivity contribution >= 4 is 29.3 Å². The maximum Gasteiger partial charge on any atom is 0.573 e. The summed E-state index contributed by atoms with van der Waals surface area (Å²) in [6, 6.07) is 9.83. The highest BCUT2D eigenvalue weighted by Gasteiger charge is 2.31. The highest BCUT2D eigenvalue weighted by Crippen LogP contribution is 2.25. The average molecular weight is 503 g/mol. The first kappa shape index (κ1) is 24.8. The standard InChI is InChI=1S/C23H24F3N7O3/c1-2-31-15-18(30-22(35)28-16-6-5-7-17(14-16)36-23(24,25)26)29-20(31)21(34)33-12-10-32(11-13-33)19-8-3-4-9-27-19/h3-9,14-15H,2,10-13H2,1H3,(H2,28,30,35). The van der Waals surface area contributed by atoms with Gasteiger partial charge in [-0.1, -0.05) is 12.1 Å². The molecule has 190 valence electrons. The number of aryl methyl sites for hydroxylation is 1. The van der Waals surface area contributed by atoms with Crippen molar-refractivity contribution in [2.24, 2.45) is 0 Å². The Kier molecular flexibility index (Phi) is 7.27. The van der Waals surface area contributed by atoms with Crippen LogP contribution < -0.4 is 20.3 Å². The molecule has 3 heterocycles. The highest BCUT2D eigenvalue weighted by molar-refractivity contribution is 6.00. The van der Waals surface area contributed by atoms with Crippen LogP contribution in [0.5, 0.6) is 5.75 Å². The fraction of sp³-hybridized carbons (Fsp3) is 0.304. The molecule has 36 heavy (non-hydrogen) atoms. The molecule has 13 heteroatoms.